The van der Waals surface area contributed by atoms with Gasteiger partial charge in [0.05, 0.1) is 0 Å². The van der Waals surface area contributed by atoms with E-state index in [0.717, 1.165) is 19.3 Å². The highest BCUT2D eigenvalue weighted by Crippen LogP contribution is 2.45. The highest BCUT2D eigenvalue weighted by Gasteiger charge is 2.46. The smallest absolute Gasteiger partial charge is 0.225 e. The van der Waals surface area contributed by atoms with Crippen LogP contribution in [0.1, 0.15) is 91.9 Å². The van der Waals surface area contributed by atoms with Gasteiger partial charge in [0.25, 0.3) is 0 Å². The second kappa shape index (κ2) is 9.54. The molecular formula is C19H37NO2. The Balaban J connectivity index is 2.57. The lowest BCUT2D eigenvalue weighted by Gasteiger charge is -2.38. The third kappa shape index (κ3) is 4.97. The molecular weight excluding hydrogens is 274 g/mol. The molecule has 1 fully saturated rings. The largest absolute Gasteiger partial charge is 0.373 e. The van der Waals surface area contributed by atoms with Gasteiger partial charge in [0, 0.05) is 18.9 Å². The molecule has 1 heterocycles. The molecule has 0 radical (unpaired) electrons. The summed E-state index contributed by atoms with van der Waals surface area (Å²) in [5.74, 6) is 0.237. The van der Waals surface area contributed by atoms with E-state index in [1.54, 1.807) is 4.90 Å². The number of unbranched alkanes of at least 4 members (excludes halogenated alkanes) is 5. The molecule has 1 amide bonds. The van der Waals surface area contributed by atoms with Crippen molar-refractivity contribution in [2.75, 3.05) is 6.54 Å². The maximum atomic E-state index is 12.1. The minimum absolute atomic E-state index is 0.0957. The molecule has 3 unspecified atom stereocenters. The van der Waals surface area contributed by atoms with Crippen LogP contribution in [0, 0.1) is 11.3 Å². The fourth-order valence-electron chi connectivity index (χ4n) is 4.12. The van der Waals surface area contributed by atoms with E-state index < -0.39 is 6.23 Å². The molecule has 3 heteroatoms. The van der Waals surface area contributed by atoms with Gasteiger partial charge in [0.1, 0.15) is 6.23 Å². The van der Waals surface area contributed by atoms with E-state index in [0.29, 0.717) is 13.0 Å². The lowest BCUT2D eigenvalue weighted by molar-refractivity contribution is -0.133. The normalized spacial score (nSPS) is 24.8. The Labute approximate surface area is 137 Å². The van der Waals surface area contributed by atoms with E-state index in [-0.39, 0.29) is 17.2 Å². The van der Waals surface area contributed by atoms with Gasteiger partial charge in [0.2, 0.25) is 5.91 Å². The van der Waals surface area contributed by atoms with Crippen LogP contribution in [0.15, 0.2) is 0 Å². The molecule has 22 heavy (non-hydrogen) atoms. The number of likely N-dealkylation sites (tertiary alicyclic amines) is 1. The fourth-order valence-corrected chi connectivity index (χ4v) is 4.12. The van der Waals surface area contributed by atoms with E-state index in [4.69, 9.17) is 0 Å². The van der Waals surface area contributed by atoms with Gasteiger partial charge in [-0.25, -0.2) is 0 Å². The van der Waals surface area contributed by atoms with Gasteiger partial charge in [-0.05, 0) is 25.2 Å². The Hall–Kier alpha value is -0.570. The molecule has 0 aromatic rings. The number of rotatable bonds is 11. The van der Waals surface area contributed by atoms with Crippen LogP contribution in [-0.2, 0) is 4.79 Å². The minimum Gasteiger partial charge on any atom is -0.373 e. The van der Waals surface area contributed by atoms with Crippen LogP contribution < -0.4 is 0 Å². The van der Waals surface area contributed by atoms with Crippen molar-refractivity contribution in [1.82, 2.24) is 4.90 Å². The summed E-state index contributed by atoms with van der Waals surface area (Å²) in [6.45, 7) is 9.32. The van der Waals surface area contributed by atoms with E-state index in [1.165, 1.54) is 38.5 Å². The van der Waals surface area contributed by atoms with Gasteiger partial charge in [-0.1, -0.05) is 65.7 Å². The SMILES string of the molecule is CCCCCCCCC(C)(CCC)C1CC(=O)N(CC)C1O. The number of carbonyl (C=O) groups excluding carboxylic acids is 1. The Morgan fingerprint density at radius 3 is 2.23 bits per heavy atom. The first kappa shape index (κ1) is 19.5. The summed E-state index contributed by atoms with van der Waals surface area (Å²) in [6, 6.07) is 0. The molecule has 1 saturated heterocycles. The fraction of sp³-hybridized carbons (Fsp3) is 0.947. The number of aliphatic hydroxyl groups excluding tert-OH is 1. The summed E-state index contributed by atoms with van der Waals surface area (Å²) in [5.41, 5.74) is 0.0957. The number of aliphatic hydroxyl groups is 1. The molecule has 130 valence electrons. The predicted molar refractivity (Wildman–Crippen MR) is 92.5 cm³/mol. The van der Waals surface area contributed by atoms with Crippen molar-refractivity contribution >= 4 is 5.91 Å². The van der Waals surface area contributed by atoms with E-state index in [1.807, 2.05) is 6.92 Å². The number of hydrogen-bond acceptors (Lipinski definition) is 2. The average molecular weight is 312 g/mol. The van der Waals surface area contributed by atoms with Crippen LogP contribution in [-0.4, -0.2) is 28.7 Å². The highest BCUT2D eigenvalue weighted by atomic mass is 16.3. The number of hydrogen-bond donors (Lipinski definition) is 1. The van der Waals surface area contributed by atoms with Crippen molar-refractivity contribution < 1.29 is 9.90 Å². The van der Waals surface area contributed by atoms with Gasteiger partial charge >= 0.3 is 0 Å². The van der Waals surface area contributed by atoms with Crippen LogP contribution in [0.25, 0.3) is 0 Å². The topological polar surface area (TPSA) is 40.5 Å². The number of nitrogens with zero attached hydrogens (tertiary/aromatic N) is 1. The van der Waals surface area contributed by atoms with Gasteiger partial charge in [-0.3, -0.25) is 4.79 Å². The molecule has 3 nitrogen and oxygen atoms in total. The van der Waals surface area contributed by atoms with Gasteiger partial charge in [-0.15, -0.1) is 0 Å². The molecule has 0 saturated carbocycles. The molecule has 1 rings (SSSR count). The summed E-state index contributed by atoms with van der Waals surface area (Å²) < 4.78 is 0. The molecule has 0 aliphatic carbocycles. The van der Waals surface area contributed by atoms with Crippen LogP contribution in [0.3, 0.4) is 0 Å². The van der Waals surface area contributed by atoms with Crippen LogP contribution in [0.4, 0.5) is 0 Å². The van der Waals surface area contributed by atoms with Crippen molar-refractivity contribution in [3.8, 4) is 0 Å². The Morgan fingerprint density at radius 1 is 1.05 bits per heavy atom. The lowest BCUT2D eigenvalue weighted by atomic mass is 9.69. The maximum absolute atomic E-state index is 12.1. The van der Waals surface area contributed by atoms with Gasteiger partial charge in [0.15, 0.2) is 0 Å². The van der Waals surface area contributed by atoms with Crippen molar-refractivity contribution in [3.63, 3.8) is 0 Å². The standard InChI is InChI=1S/C19H37NO2/c1-5-8-9-10-11-12-14-19(4,13-6-2)16-15-17(21)20(7-3)18(16)22/h16,18,22H,5-15H2,1-4H3. The molecule has 1 aliphatic heterocycles. The van der Waals surface area contributed by atoms with Crippen molar-refractivity contribution in [3.05, 3.63) is 0 Å². The van der Waals surface area contributed by atoms with Crippen LogP contribution in [0.2, 0.25) is 0 Å². The summed E-state index contributed by atoms with van der Waals surface area (Å²) >= 11 is 0. The van der Waals surface area contributed by atoms with Gasteiger partial charge in [-0.2, -0.15) is 0 Å². The van der Waals surface area contributed by atoms with Crippen molar-refractivity contribution in [1.29, 1.82) is 0 Å². The summed E-state index contributed by atoms with van der Waals surface area (Å²) in [6.07, 6.45) is 11.1. The molecule has 3 atom stereocenters. The average Bonchev–Trinajstić information content (AvgIpc) is 2.78. The molecule has 0 spiro atoms. The van der Waals surface area contributed by atoms with E-state index in [9.17, 15) is 9.90 Å². The highest BCUT2D eigenvalue weighted by molar-refractivity contribution is 5.79. The zero-order valence-electron chi connectivity index (χ0n) is 15.2. The second-order valence-electron chi connectivity index (χ2n) is 7.33. The van der Waals surface area contributed by atoms with Crippen LogP contribution >= 0.6 is 0 Å². The van der Waals surface area contributed by atoms with Crippen molar-refractivity contribution in [2.24, 2.45) is 11.3 Å². The Bertz CT molecular complexity index is 331. The third-order valence-corrected chi connectivity index (χ3v) is 5.55. The Kier molecular flexibility index (Phi) is 8.45. The first-order valence-corrected chi connectivity index (χ1v) is 9.47. The van der Waals surface area contributed by atoms with E-state index in [2.05, 4.69) is 20.8 Å². The van der Waals surface area contributed by atoms with E-state index >= 15 is 0 Å². The summed E-state index contributed by atoms with van der Waals surface area (Å²) in [7, 11) is 0. The first-order valence-electron chi connectivity index (χ1n) is 9.47. The number of amides is 1. The monoisotopic (exact) mass is 311 g/mol. The zero-order valence-corrected chi connectivity index (χ0v) is 15.2. The maximum Gasteiger partial charge on any atom is 0.225 e. The summed E-state index contributed by atoms with van der Waals surface area (Å²) in [4.78, 5) is 13.7. The predicted octanol–water partition coefficient (Wildman–Crippen LogP) is 4.73. The number of carbonyl (C=O) groups is 1. The lowest BCUT2D eigenvalue weighted by Crippen LogP contribution is -2.40. The zero-order chi connectivity index (χ0) is 16.6. The van der Waals surface area contributed by atoms with Crippen LogP contribution in [0.5, 0.6) is 0 Å². The molecule has 0 aromatic carbocycles. The molecule has 0 bridgehead atoms. The Morgan fingerprint density at radius 2 is 1.68 bits per heavy atom. The van der Waals surface area contributed by atoms with Crippen molar-refractivity contribution in [2.45, 2.75) is 98.1 Å². The minimum atomic E-state index is -0.575. The van der Waals surface area contributed by atoms with Gasteiger partial charge < -0.3 is 10.0 Å². The first-order chi connectivity index (χ1) is 10.5. The summed E-state index contributed by atoms with van der Waals surface area (Å²) in [5, 5.41) is 10.6. The molecule has 0 aromatic heterocycles. The second-order valence-corrected chi connectivity index (χ2v) is 7.33. The molecule has 1 aliphatic rings. The molecule has 1 N–H and O–H groups in total. The third-order valence-electron chi connectivity index (χ3n) is 5.55. The quantitative estimate of drug-likeness (QED) is 0.560.